The normalized spacial score (nSPS) is 18.8. The third kappa shape index (κ3) is 11.8. The first-order valence-electron chi connectivity index (χ1n) is 29.8. The maximum atomic E-state index is 9.27. The summed E-state index contributed by atoms with van der Waals surface area (Å²) in [7, 11) is 4.34. The monoisotopic (exact) mass is 1260 g/mol. The van der Waals surface area contributed by atoms with Crippen LogP contribution in [0.4, 0.5) is 22.7 Å². The van der Waals surface area contributed by atoms with E-state index in [4.69, 9.17) is 17.4 Å². The van der Waals surface area contributed by atoms with Crippen LogP contribution in [0.15, 0.2) is 201 Å². The molecule has 2 N–H and O–H groups in total. The quantitative estimate of drug-likeness (QED) is 0.104. The fourth-order valence-electron chi connectivity index (χ4n) is 10.5. The smallest absolute Gasteiger partial charge is 0.182 e. The molecule has 0 saturated carbocycles. The number of ether oxygens (including phenoxy) is 1. The predicted octanol–water partition coefficient (Wildman–Crippen LogP) is 17.3. The Kier molecular flexibility index (Phi) is 15.3. The van der Waals surface area contributed by atoms with Crippen LogP contribution >= 0.6 is 0 Å². The Morgan fingerprint density at radius 1 is 0.646 bits per heavy atom. The van der Waals surface area contributed by atoms with Crippen molar-refractivity contribution in [2.24, 2.45) is 0 Å². The van der Waals surface area contributed by atoms with Crippen molar-refractivity contribution in [3.05, 3.63) is 253 Å². The Balaban J connectivity index is 0.00000820. The van der Waals surface area contributed by atoms with Crippen molar-refractivity contribution in [1.82, 2.24) is 25.2 Å². The minimum atomic E-state index is -0.333. The number of anilines is 4. The fourth-order valence-corrected chi connectivity index (χ4v) is 10.5. The van der Waals surface area contributed by atoms with Crippen LogP contribution in [-0.4, -0.2) is 29.1 Å². The van der Waals surface area contributed by atoms with Crippen LogP contribution in [0, 0.1) is 18.8 Å². The van der Waals surface area contributed by atoms with Gasteiger partial charge in [0.2, 0.25) is 0 Å². The Morgan fingerprint density at radius 3 is 1.88 bits per heavy atom. The summed E-state index contributed by atoms with van der Waals surface area (Å²) >= 11 is 0. The van der Waals surface area contributed by atoms with Crippen molar-refractivity contribution in [2.45, 2.75) is 91.9 Å². The number of nitrogens with one attached hydrogen (secondary N) is 2. The van der Waals surface area contributed by atoms with E-state index in [9.17, 15) is 2.74 Å². The first kappa shape index (κ1) is 52.0. The third-order valence-electron chi connectivity index (χ3n) is 14.7. The summed E-state index contributed by atoms with van der Waals surface area (Å²) in [6.45, 7) is 24.1. The van der Waals surface area contributed by atoms with E-state index >= 15 is 0 Å². The van der Waals surface area contributed by atoms with Crippen LogP contribution in [0.5, 0.6) is 11.6 Å². The van der Waals surface area contributed by atoms with E-state index in [1.165, 1.54) is 5.56 Å². The number of pyridine rings is 2. The molecule has 0 bridgehead atoms. The number of fused-ring (bicyclic) bond motifs is 4. The average molecular weight is 1260 g/mol. The van der Waals surface area contributed by atoms with Crippen LogP contribution in [-0.2, 0) is 31.9 Å². The van der Waals surface area contributed by atoms with Crippen molar-refractivity contribution in [2.75, 3.05) is 9.80 Å². The summed E-state index contributed by atoms with van der Waals surface area (Å²) < 4.78 is 44.8. The van der Waals surface area contributed by atoms with E-state index < -0.39 is 0 Å². The van der Waals surface area contributed by atoms with Crippen LogP contribution in [0.2, 0.25) is 0 Å². The summed E-state index contributed by atoms with van der Waals surface area (Å²) in [5.41, 5.74) is 14.1. The molecule has 5 aromatic carbocycles. The number of benzene rings is 5. The van der Waals surface area contributed by atoms with Gasteiger partial charge in [0.25, 0.3) is 0 Å². The predicted molar refractivity (Wildman–Crippen MR) is 342 cm³/mol. The molecule has 8 nitrogen and oxygen atoms in total. The zero-order valence-electron chi connectivity index (χ0n) is 52.1. The molecule has 3 aromatic heterocycles. The molecule has 0 aliphatic carbocycles. The summed E-state index contributed by atoms with van der Waals surface area (Å²) in [6, 6.07) is 35.5. The Morgan fingerprint density at radius 2 is 1.26 bits per heavy atom. The van der Waals surface area contributed by atoms with E-state index in [0.29, 0.717) is 44.8 Å². The maximum absolute atomic E-state index is 9.27. The van der Waals surface area contributed by atoms with Crippen LogP contribution in [0.3, 0.4) is 0 Å². The van der Waals surface area contributed by atoms with E-state index in [-0.39, 0.29) is 73.8 Å². The molecular formula is C71H68B2N7OPt-3. The fraction of sp³-hybridized carbons (Fsp3) is 0.197. The summed E-state index contributed by atoms with van der Waals surface area (Å²) in [5.74, 6) is 5.46. The average Bonchev–Trinajstić information content (AvgIpc) is 1.72. The van der Waals surface area contributed by atoms with Crippen molar-refractivity contribution in [3.8, 4) is 28.7 Å². The van der Waals surface area contributed by atoms with Gasteiger partial charge in [0.15, 0.2) is 14.6 Å². The first-order valence-corrected chi connectivity index (χ1v) is 27.8. The molecule has 0 amide bonds. The molecule has 3 aliphatic heterocycles. The van der Waals surface area contributed by atoms with Crippen LogP contribution in [0.25, 0.3) is 49.8 Å². The van der Waals surface area contributed by atoms with Gasteiger partial charge in [-0.05, 0) is 139 Å². The van der Waals surface area contributed by atoms with Gasteiger partial charge in [-0.15, -0.1) is 36.1 Å². The molecule has 8 aromatic rings. The zero-order valence-corrected chi connectivity index (χ0v) is 50.4. The van der Waals surface area contributed by atoms with E-state index in [2.05, 4.69) is 208 Å². The van der Waals surface area contributed by atoms with E-state index in [1.807, 2.05) is 79.5 Å². The van der Waals surface area contributed by atoms with Gasteiger partial charge in [-0.1, -0.05) is 158 Å². The van der Waals surface area contributed by atoms with Gasteiger partial charge >= 0.3 is 0 Å². The molecular weight excluding hydrogens is 1180 g/mol. The van der Waals surface area contributed by atoms with Crippen molar-refractivity contribution < 1.29 is 31.3 Å². The molecule has 6 heterocycles. The van der Waals surface area contributed by atoms with Crippen LogP contribution < -0.4 is 25.2 Å². The maximum Gasteiger partial charge on any atom is 0.182 e. The molecule has 11 rings (SSSR count). The largest absolute Gasteiger partial charge is 0.503 e. The molecule has 412 valence electrons. The SMILES string of the molecule is [2H]c1c([2H])c([2H])c2c(c1[2H])c1ccc(Oc3[c-]c(N4[CH-]N(c5c(/C6=C/C=C\N/C=C\C=C/[B]6)cc(C(C)(C)C)cc5/C5=C/C=C\N/C=C\C=C/[B]5)c5ccccc54)cc(-c4c(C(C)C)cccc4C(C)C)n3)[c-]c1n2-c1cc(C(C)(C)C)ccn1.[Pt]. The minimum absolute atomic E-state index is 0. The van der Waals surface area contributed by atoms with Crippen molar-refractivity contribution >= 4 is 70.1 Å². The molecule has 0 fully saturated rings. The Hall–Kier alpha value is -8.06. The van der Waals surface area contributed by atoms with Gasteiger partial charge in [0.05, 0.1) is 5.48 Å². The van der Waals surface area contributed by atoms with Crippen molar-refractivity contribution in [3.63, 3.8) is 0 Å². The molecule has 0 atom stereocenters. The van der Waals surface area contributed by atoms with Crippen LogP contribution in [0.1, 0.15) is 120 Å². The summed E-state index contributed by atoms with van der Waals surface area (Å²) in [4.78, 5) is 14.7. The van der Waals surface area contributed by atoms with Gasteiger partial charge in [0.1, 0.15) is 11.7 Å². The molecule has 0 unspecified atom stereocenters. The number of aromatic nitrogens is 3. The van der Waals surface area contributed by atoms with Gasteiger partial charge in [-0.3, -0.25) is 4.98 Å². The van der Waals surface area contributed by atoms with Crippen molar-refractivity contribution in [1.29, 1.82) is 0 Å². The topological polar surface area (TPSA) is 70.5 Å². The van der Waals surface area contributed by atoms with Gasteiger partial charge < -0.3 is 29.7 Å². The van der Waals surface area contributed by atoms with Gasteiger partial charge in [-0.2, -0.15) is 23.9 Å². The van der Waals surface area contributed by atoms with Gasteiger partial charge in [-0.25, -0.2) is 4.98 Å². The molecule has 3 aliphatic rings. The summed E-state index contributed by atoms with van der Waals surface area (Å²) in [6.07, 6.45) is 25.8. The number of allylic oxidation sites excluding steroid dienone is 8. The second-order valence-corrected chi connectivity index (χ2v) is 23.1. The molecule has 11 heteroatoms. The first-order chi connectivity index (χ1) is 40.8. The summed E-state index contributed by atoms with van der Waals surface area (Å²) in [5, 5.41) is 7.47. The molecule has 0 saturated heterocycles. The minimum Gasteiger partial charge on any atom is -0.503 e. The zero-order chi connectivity index (χ0) is 59.9. The van der Waals surface area contributed by atoms with E-state index in [0.717, 1.165) is 61.4 Å². The number of nitrogens with zero attached hydrogens (tertiary/aromatic N) is 5. The second-order valence-electron chi connectivity index (χ2n) is 23.1. The molecule has 82 heavy (non-hydrogen) atoms. The standard InChI is InChI=1S/C71H68B2N7O.Pt/c1-47(2)53-23-19-24-54(48(3)4)68(53)61-43-51(44-67(77-61)81-52-30-31-56-55-22-11-12-27-62(55)80(65(56)45-52)66-42-49(32-39-76-66)70(5,6)7)78-46-79(64-29-14-13-28-63(64)78)69-57(59-25-20-37-74-35-17-15-33-72-59)40-50(71(8,9)10)41-58(69)60-26-21-38-75-36-18-16-34-73-60;/h11-43,46-48,74-75H,1-10H3;/q-3;/b33-15-,34-16-,35-17-,36-18-,37-20-,38-21-,59-25-,60-26-;/i11D,12D,22D,27D;. The Labute approximate surface area is 506 Å². The number of para-hydroxylation sites is 3. The number of hydrogen-bond donors (Lipinski definition) is 2. The van der Waals surface area contributed by atoms with E-state index in [1.54, 1.807) is 16.8 Å². The number of rotatable bonds is 10. The molecule has 0 spiro atoms. The Bertz CT molecular complexity index is 4100. The number of hydrogen-bond acceptors (Lipinski definition) is 7. The third-order valence-corrected chi connectivity index (χ3v) is 14.7. The second kappa shape index (κ2) is 24.2. The van der Waals surface area contributed by atoms with Gasteiger partial charge in [0, 0.05) is 80.4 Å². The molecule has 2 radical (unpaired) electrons.